The van der Waals surface area contributed by atoms with Gasteiger partial charge in [-0.1, -0.05) is 6.07 Å². The Hall–Kier alpha value is -1.27. The Morgan fingerprint density at radius 1 is 1.61 bits per heavy atom. The highest BCUT2D eigenvalue weighted by molar-refractivity contribution is 7.98. The summed E-state index contributed by atoms with van der Waals surface area (Å²) >= 11 is 1.23. The summed E-state index contributed by atoms with van der Waals surface area (Å²) in [5, 5.41) is 8.59. The highest BCUT2D eigenvalue weighted by atomic mass is 32.2. The zero-order chi connectivity index (χ0) is 13.7. The summed E-state index contributed by atoms with van der Waals surface area (Å²) in [6.45, 7) is 0. The largest absolute Gasteiger partial charge is 0.495 e. The summed E-state index contributed by atoms with van der Waals surface area (Å²) in [6, 6.07) is 2.56. The van der Waals surface area contributed by atoms with Gasteiger partial charge in [0.1, 0.15) is 11.6 Å². The molecule has 0 spiro atoms. The van der Waals surface area contributed by atoms with E-state index in [2.05, 4.69) is 0 Å². The number of halogens is 1. The molecule has 1 rings (SSSR count). The van der Waals surface area contributed by atoms with Gasteiger partial charge in [0.25, 0.3) is 0 Å². The average molecular weight is 273 g/mol. The van der Waals surface area contributed by atoms with Crippen LogP contribution in [0.25, 0.3) is 0 Å². The fraction of sp³-hybridized carbons (Fsp3) is 0.417. The van der Waals surface area contributed by atoms with Gasteiger partial charge in [-0.3, -0.25) is 4.79 Å². The topological polar surface area (TPSA) is 72.5 Å². The molecule has 3 N–H and O–H groups in total. The molecule has 1 atom stereocenters. The molecule has 6 heteroatoms. The van der Waals surface area contributed by atoms with Gasteiger partial charge in [-0.25, -0.2) is 4.39 Å². The predicted molar refractivity (Wildman–Crippen MR) is 68.5 cm³/mol. The molecule has 18 heavy (non-hydrogen) atoms. The number of nitrogens with two attached hydrogens (primary N) is 1. The number of benzene rings is 1. The van der Waals surface area contributed by atoms with Crippen LogP contribution in [0.4, 0.5) is 4.39 Å². The smallest absolute Gasteiger partial charge is 0.303 e. The van der Waals surface area contributed by atoms with Gasteiger partial charge in [0, 0.05) is 18.0 Å². The number of methoxy groups -OCH3 is 1. The maximum atomic E-state index is 14.2. The zero-order valence-corrected chi connectivity index (χ0v) is 11.1. The highest BCUT2D eigenvalue weighted by Crippen LogP contribution is 2.34. The first-order valence-electron chi connectivity index (χ1n) is 5.39. The lowest BCUT2D eigenvalue weighted by Crippen LogP contribution is -2.14. The van der Waals surface area contributed by atoms with Crippen LogP contribution in [0.1, 0.15) is 24.4 Å². The Bertz CT molecular complexity index is 440. The van der Waals surface area contributed by atoms with Crippen LogP contribution < -0.4 is 10.5 Å². The molecule has 0 aromatic heterocycles. The van der Waals surface area contributed by atoms with E-state index in [0.29, 0.717) is 16.2 Å². The van der Waals surface area contributed by atoms with Crippen molar-refractivity contribution < 1.29 is 19.0 Å². The van der Waals surface area contributed by atoms with Crippen LogP contribution in [-0.2, 0) is 4.79 Å². The van der Waals surface area contributed by atoms with Gasteiger partial charge in [0.15, 0.2) is 0 Å². The highest BCUT2D eigenvalue weighted by Gasteiger charge is 2.18. The molecule has 100 valence electrons. The average Bonchev–Trinajstić information content (AvgIpc) is 2.35. The Balaban J connectivity index is 2.99. The van der Waals surface area contributed by atoms with Crippen LogP contribution in [0.5, 0.6) is 5.75 Å². The van der Waals surface area contributed by atoms with Gasteiger partial charge in [-0.05, 0) is 18.7 Å². The molecular formula is C12H16FNO3S. The molecule has 0 aliphatic heterocycles. The molecule has 0 fully saturated rings. The molecule has 0 amide bonds. The Kier molecular flexibility index (Phi) is 5.43. The zero-order valence-electron chi connectivity index (χ0n) is 10.3. The second-order valence-electron chi connectivity index (χ2n) is 3.74. The van der Waals surface area contributed by atoms with Gasteiger partial charge < -0.3 is 15.6 Å². The second-order valence-corrected chi connectivity index (χ2v) is 4.56. The van der Waals surface area contributed by atoms with E-state index >= 15 is 0 Å². The van der Waals surface area contributed by atoms with E-state index in [0.717, 1.165) is 0 Å². The van der Waals surface area contributed by atoms with E-state index in [1.165, 1.54) is 18.9 Å². The fourth-order valence-electron chi connectivity index (χ4n) is 1.63. The number of carboxylic acid groups (broad SMARTS) is 1. The van der Waals surface area contributed by atoms with Crippen molar-refractivity contribution in [1.82, 2.24) is 0 Å². The van der Waals surface area contributed by atoms with Crippen molar-refractivity contribution in [3.8, 4) is 5.75 Å². The third-order valence-corrected chi connectivity index (χ3v) is 3.37. The minimum Gasteiger partial charge on any atom is -0.495 e. The van der Waals surface area contributed by atoms with Crippen molar-refractivity contribution in [3.05, 3.63) is 23.5 Å². The van der Waals surface area contributed by atoms with Gasteiger partial charge in [0.2, 0.25) is 0 Å². The summed E-state index contributed by atoms with van der Waals surface area (Å²) in [5.41, 5.74) is 6.13. The lowest BCUT2D eigenvalue weighted by atomic mass is 10.0. The van der Waals surface area contributed by atoms with E-state index < -0.39 is 17.8 Å². The van der Waals surface area contributed by atoms with E-state index in [-0.39, 0.29) is 12.8 Å². The predicted octanol–water partition coefficient (Wildman–Crippen LogP) is 2.42. The number of hydrogen-bond acceptors (Lipinski definition) is 4. The molecule has 1 aromatic rings. The Morgan fingerprint density at radius 3 is 2.78 bits per heavy atom. The van der Waals surface area contributed by atoms with Crippen molar-refractivity contribution in [3.63, 3.8) is 0 Å². The second kappa shape index (κ2) is 6.61. The third kappa shape index (κ3) is 3.36. The third-order valence-electron chi connectivity index (χ3n) is 2.58. The summed E-state index contributed by atoms with van der Waals surface area (Å²) in [7, 11) is 1.47. The van der Waals surface area contributed by atoms with E-state index in [1.54, 1.807) is 18.4 Å². The number of carboxylic acids is 1. The van der Waals surface area contributed by atoms with Crippen molar-refractivity contribution in [1.29, 1.82) is 0 Å². The van der Waals surface area contributed by atoms with Crippen molar-refractivity contribution in [2.75, 3.05) is 13.4 Å². The summed E-state index contributed by atoms with van der Waals surface area (Å²) in [6.07, 6.45) is 1.86. The maximum absolute atomic E-state index is 14.2. The van der Waals surface area contributed by atoms with Crippen molar-refractivity contribution >= 4 is 17.7 Å². The molecule has 0 aliphatic rings. The number of aliphatic carboxylic acids is 1. The summed E-state index contributed by atoms with van der Waals surface area (Å²) in [4.78, 5) is 10.9. The van der Waals surface area contributed by atoms with Crippen molar-refractivity contribution in [2.24, 2.45) is 5.73 Å². The van der Waals surface area contributed by atoms with Gasteiger partial charge >= 0.3 is 5.97 Å². The summed E-state index contributed by atoms with van der Waals surface area (Å²) < 4.78 is 19.2. The minimum absolute atomic E-state index is 0.0821. The van der Waals surface area contributed by atoms with Crippen LogP contribution in [-0.4, -0.2) is 24.4 Å². The first-order chi connectivity index (χ1) is 8.51. The maximum Gasteiger partial charge on any atom is 0.303 e. The van der Waals surface area contributed by atoms with Crippen LogP contribution in [0.15, 0.2) is 17.0 Å². The Morgan fingerprint density at radius 2 is 2.28 bits per heavy atom. The van der Waals surface area contributed by atoms with E-state index in [9.17, 15) is 9.18 Å². The number of ether oxygens (including phenoxy) is 1. The number of thioether (sulfide) groups is 1. The molecule has 4 nitrogen and oxygen atoms in total. The van der Waals surface area contributed by atoms with Crippen LogP contribution >= 0.6 is 11.8 Å². The number of rotatable bonds is 6. The molecule has 0 saturated carbocycles. The lowest BCUT2D eigenvalue weighted by Gasteiger charge is -2.15. The molecule has 0 bridgehead atoms. The normalized spacial score (nSPS) is 12.2. The molecular weight excluding hydrogens is 257 g/mol. The molecule has 1 unspecified atom stereocenters. The standard InChI is InChI=1S/C12H16FNO3S/c1-17-9-5-3-7(11(13)12(9)18-2)8(14)4-6-10(15)16/h3,5,8H,4,6,14H2,1-2H3,(H,15,16). The number of hydrogen-bond donors (Lipinski definition) is 2. The molecule has 1 aromatic carbocycles. The molecule has 0 aliphatic carbocycles. The first-order valence-corrected chi connectivity index (χ1v) is 6.61. The molecule has 0 saturated heterocycles. The van der Waals surface area contributed by atoms with E-state index in [1.807, 2.05) is 0 Å². The quantitative estimate of drug-likeness (QED) is 0.779. The Labute approximate surface area is 109 Å². The fourth-order valence-corrected chi connectivity index (χ4v) is 2.27. The number of carbonyl (C=O) groups is 1. The lowest BCUT2D eigenvalue weighted by molar-refractivity contribution is -0.137. The van der Waals surface area contributed by atoms with Crippen molar-refractivity contribution in [2.45, 2.75) is 23.8 Å². The van der Waals surface area contributed by atoms with Gasteiger partial charge in [-0.2, -0.15) is 0 Å². The van der Waals surface area contributed by atoms with Crippen LogP contribution in [0, 0.1) is 5.82 Å². The summed E-state index contributed by atoms with van der Waals surface area (Å²) in [5.74, 6) is -0.918. The monoisotopic (exact) mass is 273 g/mol. The van der Waals surface area contributed by atoms with Crippen LogP contribution in [0.3, 0.4) is 0 Å². The molecule has 0 radical (unpaired) electrons. The minimum atomic E-state index is -0.940. The van der Waals surface area contributed by atoms with E-state index in [4.69, 9.17) is 15.6 Å². The first kappa shape index (κ1) is 14.8. The van der Waals surface area contributed by atoms with Gasteiger partial charge in [-0.15, -0.1) is 11.8 Å². The SMILES string of the molecule is COc1ccc(C(N)CCC(=O)O)c(F)c1SC. The van der Waals surface area contributed by atoms with Gasteiger partial charge in [0.05, 0.1) is 12.0 Å². The molecule has 0 heterocycles. The van der Waals surface area contributed by atoms with Crippen LogP contribution in [0.2, 0.25) is 0 Å².